The highest BCUT2D eigenvalue weighted by Crippen LogP contribution is 2.17. The molecule has 8 heteroatoms. The second-order valence-electron chi connectivity index (χ2n) is 4.32. The van der Waals surface area contributed by atoms with Gasteiger partial charge in [0, 0.05) is 18.3 Å². The van der Waals surface area contributed by atoms with Crippen LogP contribution in [0, 0.1) is 13.8 Å². The van der Waals surface area contributed by atoms with E-state index in [4.69, 9.17) is 5.73 Å². The minimum atomic E-state index is 0.517. The van der Waals surface area contributed by atoms with E-state index >= 15 is 0 Å². The lowest BCUT2D eigenvalue weighted by Crippen LogP contribution is -2.10. The number of nitrogens with zero attached hydrogens (tertiary/aromatic N) is 7. The first-order valence-electron chi connectivity index (χ1n) is 5.99. The van der Waals surface area contributed by atoms with Gasteiger partial charge in [-0.15, -0.1) is 15.3 Å². The van der Waals surface area contributed by atoms with Crippen molar-refractivity contribution < 1.29 is 0 Å². The number of rotatable bonds is 3. The van der Waals surface area contributed by atoms with Crippen molar-refractivity contribution in [3.63, 3.8) is 0 Å². The molecule has 0 radical (unpaired) electrons. The fourth-order valence-electron chi connectivity index (χ4n) is 2.04. The predicted molar refractivity (Wildman–Crippen MR) is 68.3 cm³/mol. The quantitative estimate of drug-likeness (QED) is 0.707. The smallest absolute Gasteiger partial charge is 0.192 e. The molecule has 3 rings (SSSR count). The molecule has 0 aliphatic rings. The zero-order chi connectivity index (χ0) is 13.4. The maximum atomic E-state index is 5.49. The Morgan fingerprint density at radius 2 is 2.05 bits per heavy atom. The minimum absolute atomic E-state index is 0.517. The number of fused-ring (bicyclic) bond motifs is 1. The summed E-state index contributed by atoms with van der Waals surface area (Å²) >= 11 is 0. The van der Waals surface area contributed by atoms with Crippen LogP contribution >= 0.6 is 0 Å². The molecule has 0 bridgehead atoms. The Labute approximate surface area is 109 Å². The van der Waals surface area contributed by atoms with Crippen LogP contribution in [0.5, 0.6) is 0 Å². The van der Waals surface area contributed by atoms with E-state index in [0.717, 1.165) is 17.2 Å². The average molecular weight is 258 g/mol. The van der Waals surface area contributed by atoms with Gasteiger partial charge in [-0.05, 0) is 13.8 Å². The van der Waals surface area contributed by atoms with Gasteiger partial charge in [0.1, 0.15) is 5.82 Å². The van der Waals surface area contributed by atoms with Crippen molar-refractivity contribution in [2.45, 2.75) is 20.4 Å². The van der Waals surface area contributed by atoms with Crippen LogP contribution in [0.15, 0.2) is 12.3 Å². The SMILES string of the molecule is Cc1cc2nnc(-c3cn(CCN)nn3)n2c(C)n1. The fraction of sp³-hybridized carbons (Fsp3) is 0.364. The van der Waals surface area contributed by atoms with Gasteiger partial charge in [0.15, 0.2) is 17.2 Å². The highest BCUT2D eigenvalue weighted by atomic mass is 15.4. The van der Waals surface area contributed by atoms with E-state index in [1.54, 1.807) is 4.68 Å². The van der Waals surface area contributed by atoms with E-state index in [1.165, 1.54) is 0 Å². The Morgan fingerprint density at radius 3 is 2.84 bits per heavy atom. The summed E-state index contributed by atoms with van der Waals surface area (Å²) < 4.78 is 3.55. The minimum Gasteiger partial charge on any atom is -0.329 e. The summed E-state index contributed by atoms with van der Waals surface area (Å²) in [6.07, 6.45) is 1.81. The third-order valence-electron chi connectivity index (χ3n) is 2.81. The van der Waals surface area contributed by atoms with Crippen molar-refractivity contribution in [1.29, 1.82) is 0 Å². The number of hydrogen-bond donors (Lipinski definition) is 1. The number of aromatic nitrogens is 7. The molecule has 0 fully saturated rings. The fourth-order valence-corrected chi connectivity index (χ4v) is 2.04. The Balaban J connectivity index is 2.14. The molecular weight excluding hydrogens is 244 g/mol. The van der Waals surface area contributed by atoms with Gasteiger partial charge in [0.05, 0.1) is 12.7 Å². The maximum Gasteiger partial charge on any atom is 0.192 e. The summed E-state index contributed by atoms with van der Waals surface area (Å²) in [5.74, 6) is 1.46. The van der Waals surface area contributed by atoms with Crippen LogP contribution in [0.25, 0.3) is 17.2 Å². The molecule has 0 aromatic carbocycles. The topological polar surface area (TPSA) is 99.8 Å². The molecule has 19 heavy (non-hydrogen) atoms. The first kappa shape index (κ1) is 11.7. The van der Waals surface area contributed by atoms with Crippen molar-refractivity contribution >= 4 is 5.65 Å². The number of aryl methyl sites for hydroxylation is 2. The van der Waals surface area contributed by atoms with Crippen LogP contribution in [0.1, 0.15) is 11.5 Å². The highest BCUT2D eigenvalue weighted by molar-refractivity contribution is 5.54. The van der Waals surface area contributed by atoms with Crippen LogP contribution in [-0.2, 0) is 6.54 Å². The molecule has 0 spiro atoms. The third-order valence-corrected chi connectivity index (χ3v) is 2.81. The van der Waals surface area contributed by atoms with Gasteiger partial charge in [-0.25, -0.2) is 4.98 Å². The van der Waals surface area contributed by atoms with Gasteiger partial charge in [-0.2, -0.15) is 0 Å². The average Bonchev–Trinajstić information content (AvgIpc) is 2.95. The van der Waals surface area contributed by atoms with E-state index in [-0.39, 0.29) is 0 Å². The van der Waals surface area contributed by atoms with Crippen molar-refractivity contribution in [1.82, 2.24) is 34.6 Å². The summed E-state index contributed by atoms with van der Waals surface area (Å²) in [7, 11) is 0. The molecule has 98 valence electrons. The standard InChI is InChI=1S/C11H14N8/c1-7-5-10-15-16-11(19(10)8(2)13-7)9-6-18(4-3-12)17-14-9/h5-6H,3-4,12H2,1-2H3. The van der Waals surface area contributed by atoms with Crippen LogP contribution < -0.4 is 5.73 Å². The van der Waals surface area contributed by atoms with E-state index in [2.05, 4.69) is 25.5 Å². The van der Waals surface area contributed by atoms with Crippen molar-refractivity contribution in [3.8, 4) is 11.5 Å². The molecule has 3 aromatic heterocycles. The molecule has 0 aliphatic carbocycles. The summed E-state index contributed by atoms with van der Waals surface area (Å²) in [5, 5.41) is 16.4. The summed E-state index contributed by atoms with van der Waals surface area (Å²) in [6.45, 7) is 4.99. The molecule has 8 nitrogen and oxygen atoms in total. The second kappa shape index (κ2) is 4.39. The maximum absolute atomic E-state index is 5.49. The molecule has 3 aromatic rings. The van der Waals surface area contributed by atoms with Gasteiger partial charge in [0.25, 0.3) is 0 Å². The van der Waals surface area contributed by atoms with Gasteiger partial charge in [0.2, 0.25) is 0 Å². The Kier molecular flexibility index (Phi) is 2.71. The predicted octanol–water partition coefficient (Wildman–Crippen LogP) is -0.0417. The van der Waals surface area contributed by atoms with Gasteiger partial charge < -0.3 is 5.73 Å². The van der Waals surface area contributed by atoms with E-state index < -0.39 is 0 Å². The van der Waals surface area contributed by atoms with Crippen molar-refractivity contribution in [2.75, 3.05) is 6.54 Å². The van der Waals surface area contributed by atoms with Crippen molar-refractivity contribution in [3.05, 3.63) is 23.8 Å². The van der Waals surface area contributed by atoms with Crippen LogP contribution in [0.2, 0.25) is 0 Å². The van der Waals surface area contributed by atoms with Gasteiger partial charge >= 0.3 is 0 Å². The van der Waals surface area contributed by atoms with E-state index in [9.17, 15) is 0 Å². The Morgan fingerprint density at radius 1 is 1.21 bits per heavy atom. The van der Waals surface area contributed by atoms with E-state index in [1.807, 2.05) is 30.5 Å². The molecule has 0 atom stereocenters. The normalized spacial score (nSPS) is 11.3. The molecule has 2 N–H and O–H groups in total. The molecular formula is C11H14N8. The Hall–Kier alpha value is -2.35. The lowest BCUT2D eigenvalue weighted by Gasteiger charge is -2.01. The lowest BCUT2D eigenvalue weighted by atomic mass is 10.4. The molecule has 0 saturated carbocycles. The largest absolute Gasteiger partial charge is 0.329 e. The molecule has 0 aliphatic heterocycles. The Bertz CT molecular complexity index is 725. The second-order valence-corrected chi connectivity index (χ2v) is 4.32. The summed E-state index contributed by atoms with van der Waals surface area (Å²) in [6, 6.07) is 1.88. The zero-order valence-electron chi connectivity index (χ0n) is 10.8. The highest BCUT2D eigenvalue weighted by Gasteiger charge is 2.14. The third kappa shape index (κ3) is 1.95. The van der Waals surface area contributed by atoms with Crippen LogP contribution in [-0.4, -0.2) is 41.1 Å². The first-order valence-corrected chi connectivity index (χ1v) is 5.99. The monoisotopic (exact) mass is 258 g/mol. The molecule has 0 unspecified atom stereocenters. The van der Waals surface area contributed by atoms with E-state index in [0.29, 0.717) is 24.6 Å². The van der Waals surface area contributed by atoms with Crippen molar-refractivity contribution in [2.24, 2.45) is 5.73 Å². The number of nitrogens with two attached hydrogens (primary N) is 1. The molecule has 0 saturated heterocycles. The van der Waals surface area contributed by atoms with Crippen LogP contribution in [0.4, 0.5) is 0 Å². The van der Waals surface area contributed by atoms with Crippen LogP contribution in [0.3, 0.4) is 0 Å². The molecule has 3 heterocycles. The molecule has 0 amide bonds. The zero-order valence-corrected chi connectivity index (χ0v) is 10.8. The van der Waals surface area contributed by atoms with Gasteiger partial charge in [-0.1, -0.05) is 5.21 Å². The summed E-state index contributed by atoms with van der Waals surface area (Å²) in [5.41, 5.74) is 7.82. The number of hydrogen-bond acceptors (Lipinski definition) is 6. The summed E-state index contributed by atoms with van der Waals surface area (Å²) in [4.78, 5) is 4.41. The van der Waals surface area contributed by atoms with Gasteiger partial charge in [-0.3, -0.25) is 9.08 Å². The first-order chi connectivity index (χ1) is 9.19. The lowest BCUT2D eigenvalue weighted by molar-refractivity contribution is 0.598.